The maximum absolute atomic E-state index is 3.77. The van der Waals surface area contributed by atoms with Gasteiger partial charge in [0.1, 0.15) is 0 Å². The third-order valence-corrected chi connectivity index (χ3v) is 3.09. The van der Waals surface area contributed by atoms with E-state index in [1.807, 2.05) is 79.7 Å². The summed E-state index contributed by atoms with van der Waals surface area (Å²) < 4.78 is 0. The van der Waals surface area contributed by atoms with Gasteiger partial charge < -0.3 is 0 Å². The Morgan fingerprint density at radius 3 is 1.44 bits per heavy atom. The van der Waals surface area contributed by atoms with E-state index in [0.717, 1.165) is 16.7 Å². The first-order chi connectivity index (χ1) is 12.6. The van der Waals surface area contributed by atoms with Crippen molar-refractivity contribution in [3.8, 4) is 0 Å². The summed E-state index contributed by atoms with van der Waals surface area (Å²) >= 11 is 0. The van der Waals surface area contributed by atoms with Crippen LogP contribution < -0.4 is 0 Å². The monoisotopic (exact) mass is 433 g/mol. The number of hydrogen-bond donors (Lipinski definition) is 0. The fourth-order valence-electron chi connectivity index (χ4n) is 1.76. The van der Waals surface area contributed by atoms with Crippen LogP contribution >= 0.6 is 0 Å². The van der Waals surface area contributed by atoms with Crippen molar-refractivity contribution >= 4 is 0 Å². The van der Waals surface area contributed by atoms with Crippen LogP contribution in [0.15, 0.2) is 109 Å². The quantitative estimate of drug-likeness (QED) is 0.320. The molecule has 1 heteroatoms. The molecule has 0 N–H and O–H groups in total. The molecule has 0 heterocycles. The van der Waals surface area contributed by atoms with Crippen molar-refractivity contribution in [1.82, 2.24) is 0 Å². The molecular weight excluding hydrogens is 404 g/mol. The second kappa shape index (κ2) is 20.2. The van der Waals surface area contributed by atoms with Gasteiger partial charge in [-0.3, -0.25) is 0 Å². The molecule has 1 radical (unpaired) electrons. The molecule has 27 heavy (non-hydrogen) atoms. The standard InChI is InChI=1S/C7H9.2C7H7.C5H8.Zr/c3*1-7-5-3-2-4-6-7;1-3-5-4-2;/h3,5-6H,1-2,4H2;2*2-6H,1H2;3-5H,1H2,2H3;/q3*-1;;+3/b;;;5-4-;. The maximum Gasteiger partial charge on any atom is 3.00 e. The van der Waals surface area contributed by atoms with Crippen molar-refractivity contribution < 1.29 is 26.2 Å². The molecular formula is C26H31Zr. The van der Waals surface area contributed by atoms with Crippen LogP contribution in [-0.2, 0) is 26.2 Å². The van der Waals surface area contributed by atoms with Crippen molar-refractivity contribution in [2.24, 2.45) is 0 Å². The van der Waals surface area contributed by atoms with E-state index in [1.165, 1.54) is 12.8 Å². The van der Waals surface area contributed by atoms with Gasteiger partial charge in [0.2, 0.25) is 0 Å². The van der Waals surface area contributed by atoms with E-state index >= 15 is 0 Å². The molecule has 0 nitrogen and oxygen atoms in total. The Bertz CT molecular complexity index is 612. The van der Waals surface area contributed by atoms with Gasteiger partial charge in [0, 0.05) is 0 Å². The molecule has 0 amide bonds. The molecule has 0 spiro atoms. The molecule has 0 unspecified atom stereocenters. The summed E-state index contributed by atoms with van der Waals surface area (Å²) in [6, 6.07) is 19.7. The van der Waals surface area contributed by atoms with Crippen molar-refractivity contribution in [3.05, 3.63) is 141 Å². The minimum absolute atomic E-state index is 0. The summed E-state index contributed by atoms with van der Waals surface area (Å²) in [5.41, 5.74) is 3.30. The topological polar surface area (TPSA) is 0 Å². The van der Waals surface area contributed by atoms with Crippen LogP contribution in [0.25, 0.3) is 0 Å². The van der Waals surface area contributed by atoms with Crippen LogP contribution in [0.1, 0.15) is 30.9 Å². The fourth-order valence-corrected chi connectivity index (χ4v) is 1.76. The van der Waals surface area contributed by atoms with Crippen molar-refractivity contribution in [2.45, 2.75) is 19.8 Å². The summed E-state index contributed by atoms with van der Waals surface area (Å²) in [5, 5.41) is 0. The van der Waals surface area contributed by atoms with E-state index in [4.69, 9.17) is 0 Å². The van der Waals surface area contributed by atoms with E-state index in [-0.39, 0.29) is 26.2 Å². The van der Waals surface area contributed by atoms with Gasteiger partial charge in [-0.2, -0.15) is 73.9 Å². The van der Waals surface area contributed by atoms with Gasteiger partial charge in [0.25, 0.3) is 0 Å². The summed E-state index contributed by atoms with van der Waals surface area (Å²) in [4.78, 5) is 0. The Labute approximate surface area is 186 Å². The van der Waals surface area contributed by atoms with E-state index < -0.39 is 0 Å². The Kier molecular flexibility index (Phi) is 20.3. The number of benzene rings is 2. The maximum atomic E-state index is 3.77. The molecule has 0 saturated carbocycles. The van der Waals surface area contributed by atoms with Gasteiger partial charge >= 0.3 is 26.2 Å². The van der Waals surface area contributed by atoms with Gasteiger partial charge in [0.05, 0.1) is 0 Å². The van der Waals surface area contributed by atoms with Crippen LogP contribution in [0.2, 0.25) is 0 Å². The molecule has 2 aromatic carbocycles. The first-order valence-electron chi connectivity index (χ1n) is 8.76. The summed E-state index contributed by atoms with van der Waals surface area (Å²) in [6.45, 7) is 16.6. The first-order valence-corrected chi connectivity index (χ1v) is 8.76. The average molecular weight is 435 g/mol. The first kappa shape index (κ1) is 27.1. The zero-order chi connectivity index (χ0) is 19.5. The minimum Gasteiger partial charge on any atom is -0.199 e. The van der Waals surface area contributed by atoms with Crippen molar-refractivity contribution in [1.29, 1.82) is 0 Å². The average Bonchev–Trinajstić information content (AvgIpc) is 2.66. The van der Waals surface area contributed by atoms with Gasteiger partial charge in [-0.25, -0.2) is 0 Å². The Morgan fingerprint density at radius 2 is 1.30 bits per heavy atom. The van der Waals surface area contributed by atoms with Gasteiger partial charge in [-0.05, 0) is 6.92 Å². The van der Waals surface area contributed by atoms with Gasteiger partial charge in [0.15, 0.2) is 0 Å². The molecule has 3 rings (SSSR count). The van der Waals surface area contributed by atoms with Crippen molar-refractivity contribution in [3.63, 3.8) is 0 Å². The number of rotatable bonds is 1. The third kappa shape index (κ3) is 20.1. The summed E-state index contributed by atoms with van der Waals surface area (Å²) in [5.74, 6) is 0. The van der Waals surface area contributed by atoms with Gasteiger partial charge in [-0.1, -0.05) is 49.8 Å². The molecule has 0 bridgehead atoms. The van der Waals surface area contributed by atoms with E-state index in [2.05, 4.69) is 45.6 Å². The second-order valence-corrected chi connectivity index (χ2v) is 5.49. The van der Waals surface area contributed by atoms with Crippen LogP contribution in [-0.4, -0.2) is 0 Å². The van der Waals surface area contributed by atoms with Crippen LogP contribution in [0.4, 0.5) is 0 Å². The van der Waals surface area contributed by atoms with E-state index in [0.29, 0.717) is 0 Å². The SMILES string of the molecule is C=C/C=C\C.[CH2-]C1=CCCC=C1.[CH2-]c1ccccc1.[CH2-]c1ccccc1.[Zr+3]. The Morgan fingerprint density at radius 1 is 0.815 bits per heavy atom. The zero-order valence-electron chi connectivity index (χ0n) is 16.5. The fraction of sp³-hybridized carbons (Fsp3) is 0.115. The smallest absolute Gasteiger partial charge is 0.199 e. The molecule has 0 fully saturated rings. The van der Waals surface area contributed by atoms with Crippen LogP contribution in [0.3, 0.4) is 0 Å². The molecule has 1 aliphatic rings. The van der Waals surface area contributed by atoms with Crippen LogP contribution in [0.5, 0.6) is 0 Å². The van der Waals surface area contributed by atoms with Crippen molar-refractivity contribution in [2.75, 3.05) is 0 Å². The van der Waals surface area contributed by atoms with E-state index in [9.17, 15) is 0 Å². The molecule has 0 saturated heterocycles. The number of allylic oxidation sites excluding steroid dienone is 7. The number of hydrogen-bond acceptors (Lipinski definition) is 0. The molecule has 139 valence electrons. The zero-order valence-corrected chi connectivity index (χ0v) is 18.9. The Hall–Kier alpha value is -2.11. The summed E-state index contributed by atoms with van der Waals surface area (Å²) in [7, 11) is 0. The molecule has 0 aromatic heterocycles. The Balaban J connectivity index is 0. The molecule has 0 atom stereocenters. The predicted octanol–water partition coefficient (Wildman–Crippen LogP) is 7.58. The minimum atomic E-state index is 0. The second-order valence-electron chi connectivity index (χ2n) is 5.49. The largest absolute Gasteiger partial charge is 3.00 e. The van der Waals surface area contributed by atoms with E-state index in [1.54, 1.807) is 6.08 Å². The summed E-state index contributed by atoms with van der Waals surface area (Å²) in [6.07, 6.45) is 14.3. The van der Waals surface area contributed by atoms with Gasteiger partial charge in [-0.15, -0.1) is 30.3 Å². The normalized spacial score (nSPS) is 11.1. The predicted molar refractivity (Wildman–Crippen MR) is 119 cm³/mol. The molecule has 2 aromatic rings. The van der Waals surface area contributed by atoms with Crippen LogP contribution in [0, 0.1) is 20.8 Å². The molecule has 1 aliphatic carbocycles. The third-order valence-electron chi connectivity index (χ3n) is 3.09. The molecule has 0 aliphatic heterocycles.